The Balaban J connectivity index is 2.11. The van der Waals surface area contributed by atoms with Gasteiger partial charge >= 0.3 is 0 Å². The number of fused-ring (bicyclic) bond motifs is 1. The quantitative estimate of drug-likeness (QED) is 0.875. The molecule has 21 heavy (non-hydrogen) atoms. The predicted octanol–water partition coefficient (Wildman–Crippen LogP) is 3.25. The largest absolute Gasteiger partial charge is 0.311 e. The molecule has 0 saturated carbocycles. The number of halogens is 1. The normalized spacial score (nSPS) is 18.3. The monoisotopic (exact) mass is 287 g/mol. The number of hydrogen-bond acceptors (Lipinski definition) is 2. The molecular formula is C16H18FN3O. The lowest BCUT2D eigenvalue weighted by Gasteiger charge is -2.28. The van der Waals surface area contributed by atoms with Gasteiger partial charge < -0.3 is 5.32 Å². The summed E-state index contributed by atoms with van der Waals surface area (Å²) >= 11 is 0. The molecular weight excluding hydrogens is 269 g/mol. The highest BCUT2D eigenvalue weighted by Gasteiger charge is 2.32. The van der Waals surface area contributed by atoms with Crippen LogP contribution in [0.4, 0.5) is 10.2 Å². The van der Waals surface area contributed by atoms with E-state index in [9.17, 15) is 9.18 Å². The Labute approximate surface area is 123 Å². The maximum atomic E-state index is 13.5. The topological polar surface area (TPSA) is 46.9 Å². The highest BCUT2D eigenvalue weighted by Crippen LogP contribution is 2.38. The maximum Gasteiger partial charge on any atom is 0.226 e. The molecule has 3 rings (SSSR count). The summed E-state index contributed by atoms with van der Waals surface area (Å²) < 4.78 is 15.3. The molecule has 5 heteroatoms. The summed E-state index contributed by atoms with van der Waals surface area (Å²) in [6.45, 7) is 6.08. The summed E-state index contributed by atoms with van der Waals surface area (Å²) in [6.07, 6.45) is 2.09. The van der Waals surface area contributed by atoms with Gasteiger partial charge in [-0.3, -0.25) is 4.79 Å². The summed E-state index contributed by atoms with van der Waals surface area (Å²) in [5.74, 6) is 0.208. The molecule has 4 nitrogen and oxygen atoms in total. The molecule has 1 N–H and O–H groups in total. The lowest BCUT2D eigenvalue weighted by Crippen LogP contribution is -2.30. The summed E-state index contributed by atoms with van der Waals surface area (Å²) in [7, 11) is 0. The van der Waals surface area contributed by atoms with Gasteiger partial charge in [0.25, 0.3) is 0 Å². The maximum absolute atomic E-state index is 13.5. The molecule has 0 aliphatic carbocycles. The Kier molecular flexibility index (Phi) is 3.08. The fraction of sp³-hybridized carbons (Fsp3) is 0.375. The fourth-order valence-corrected chi connectivity index (χ4v) is 2.75. The van der Waals surface area contributed by atoms with E-state index in [0.29, 0.717) is 12.2 Å². The van der Waals surface area contributed by atoms with E-state index in [0.717, 1.165) is 11.1 Å². The van der Waals surface area contributed by atoms with E-state index in [1.165, 1.54) is 12.1 Å². The molecule has 0 bridgehead atoms. The van der Waals surface area contributed by atoms with Gasteiger partial charge in [-0.2, -0.15) is 5.10 Å². The average Bonchev–Trinajstić information content (AvgIpc) is 2.81. The van der Waals surface area contributed by atoms with Crippen LogP contribution >= 0.6 is 0 Å². The summed E-state index contributed by atoms with van der Waals surface area (Å²) in [6, 6.07) is 6.42. The van der Waals surface area contributed by atoms with Crippen LogP contribution in [0.1, 0.15) is 44.2 Å². The average molecular weight is 287 g/mol. The van der Waals surface area contributed by atoms with Crippen LogP contribution in [0.5, 0.6) is 0 Å². The minimum Gasteiger partial charge on any atom is -0.311 e. The summed E-state index contributed by atoms with van der Waals surface area (Å²) in [5.41, 5.74) is 1.51. The van der Waals surface area contributed by atoms with Crippen LogP contribution in [0.3, 0.4) is 0 Å². The van der Waals surface area contributed by atoms with Crippen LogP contribution in [-0.4, -0.2) is 15.7 Å². The minimum absolute atomic E-state index is 0.0669. The molecule has 0 fully saturated rings. The number of rotatable bonds is 1. The lowest BCUT2D eigenvalue weighted by molar-refractivity contribution is -0.116. The number of benzene rings is 1. The molecule has 110 valence electrons. The van der Waals surface area contributed by atoms with Gasteiger partial charge in [0, 0.05) is 17.9 Å². The second kappa shape index (κ2) is 4.69. The van der Waals surface area contributed by atoms with E-state index in [-0.39, 0.29) is 23.2 Å². The smallest absolute Gasteiger partial charge is 0.226 e. The third-order valence-electron chi connectivity index (χ3n) is 3.71. The molecule has 1 aromatic heterocycles. The van der Waals surface area contributed by atoms with Crippen molar-refractivity contribution in [2.75, 3.05) is 5.32 Å². The number of anilines is 1. The van der Waals surface area contributed by atoms with Crippen molar-refractivity contribution in [2.24, 2.45) is 0 Å². The third-order valence-corrected chi connectivity index (χ3v) is 3.71. The van der Waals surface area contributed by atoms with Gasteiger partial charge in [0.1, 0.15) is 11.6 Å². The first-order valence-corrected chi connectivity index (χ1v) is 7.00. The van der Waals surface area contributed by atoms with E-state index in [2.05, 4.69) is 10.4 Å². The summed E-state index contributed by atoms with van der Waals surface area (Å²) in [5, 5.41) is 7.31. The van der Waals surface area contributed by atoms with E-state index < -0.39 is 0 Å². The summed E-state index contributed by atoms with van der Waals surface area (Å²) in [4.78, 5) is 12.0. The van der Waals surface area contributed by atoms with E-state index in [1.807, 2.05) is 31.5 Å². The van der Waals surface area contributed by atoms with Crippen molar-refractivity contribution in [3.63, 3.8) is 0 Å². The zero-order chi connectivity index (χ0) is 15.2. The third kappa shape index (κ3) is 2.44. The molecule has 0 spiro atoms. The van der Waals surface area contributed by atoms with E-state index >= 15 is 0 Å². The second-order valence-corrected chi connectivity index (χ2v) is 6.39. The standard InChI is InChI=1S/C16H18FN3O/c1-16(2,3)20-15-13(9-18-20)12(8-14(21)19-15)10-5-4-6-11(17)7-10/h4-7,9,12H,8H2,1-3H3,(H,19,21). The van der Waals surface area contributed by atoms with Crippen LogP contribution in [-0.2, 0) is 10.3 Å². The lowest BCUT2D eigenvalue weighted by atomic mass is 9.87. The Hall–Kier alpha value is -2.17. The van der Waals surface area contributed by atoms with Crippen molar-refractivity contribution >= 4 is 11.7 Å². The van der Waals surface area contributed by atoms with Crippen LogP contribution < -0.4 is 5.32 Å². The first-order chi connectivity index (χ1) is 9.86. The van der Waals surface area contributed by atoms with Gasteiger partial charge in [0.05, 0.1) is 11.7 Å². The van der Waals surface area contributed by atoms with Crippen molar-refractivity contribution in [3.8, 4) is 0 Å². The molecule has 1 unspecified atom stereocenters. The fourth-order valence-electron chi connectivity index (χ4n) is 2.75. The highest BCUT2D eigenvalue weighted by molar-refractivity contribution is 5.94. The van der Waals surface area contributed by atoms with Crippen LogP contribution in [0.2, 0.25) is 0 Å². The van der Waals surface area contributed by atoms with Crippen molar-refractivity contribution < 1.29 is 9.18 Å². The SMILES string of the molecule is CC(C)(C)n1ncc2c1NC(=O)CC2c1cccc(F)c1. The van der Waals surface area contributed by atoms with E-state index in [4.69, 9.17) is 0 Å². The van der Waals surface area contributed by atoms with Crippen LogP contribution in [0.15, 0.2) is 30.5 Å². The molecule has 0 radical (unpaired) electrons. The number of carbonyl (C=O) groups excluding carboxylic acids is 1. The van der Waals surface area contributed by atoms with Gasteiger partial charge in [-0.25, -0.2) is 9.07 Å². The predicted molar refractivity (Wildman–Crippen MR) is 78.7 cm³/mol. The van der Waals surface area contributed by atoms with Gasteiger partial charge in [-0.15, -0.1) is 0 Å². The van der Waals surface area contributed by atoms with Crippen molar-refractivity contribution in [1.29, 1.82) is 0 Å². The first-order valence-electron chi connectivity index (χ1n) is 7.00. The molecule has 2 aromatic rings. The van der Waals surface area contributed by atoms with Gasteiger partial charge in [-0.05, 0) is 38.5 Å². The van der Waals surface area contributed by atoms with Crippen molar-refractivity contribution in [3.05, 3.63) is 47.4 Å². The number of nitrogens with one attached hydrogen (secondary N) is 1. The van der Waals surface area contributed by atoms with Crippen LogP contribution in [0, 0.1) is 5.82 Å². The first kappa shape index (κ1) is 13.8. The Morgan fingerprint density at radius 2 is 2.14 bits per heavy atom. The number of nitrogens with zero attached hydrogens (tertiary/aromatic N) is 2. The minimum atomic E-state index is -0.289. The second-order valence-electron chi connectivity index (χ2n) is 6.39. The highest BCUT2D eigenvalue weighted by atomic mass is 19.1. The Morgan fingerprint density at radius 1 is 1.38 bits per heavy atom. The molecule has 1 aliphatic heterocycles. The Morgan fingerprint density at radius 3 is 2.81 bits per heavy atom. The van der Waals surface area contributed by atoms with Crippen molar-refractivity contribution in [1.82, 2.24) is 9.78 Å². The van der Waals surface area contributed by atoms with Gasteiger partial charge in [0.2, 0.25) is 5.91 Å². The van der Waals surface area contributed by atoms with Gasteiger partial charge in [0.15, 0.2) is 0 Å². The zero-order valence-electron chi connectivity index (χ0n) is 12.4. The number of hydrogen-bond donors (Lipinski definition) is 1. The zero-order valence-corrected chi connectivity index (χ0v) is 12.4. The number of amides is 1. The van der Waals surface area contributed by atoms with E-state index in [1.54, 1.807) is 12.3 Å². The van der Waals surface area contributed by atoms with Gasteiger partial charge in [-0.1, -0.05) is 12.1 Å². The van der Waals surface area contributed by atoms with Crippen LogP contribution in [0.25, 0.3) is 0 Å². The molecule has 1 aliphatic rings. The molecule has 1 amide bonds. The molecule has 2 heterocycles. The molecule has 0 saturated heterocycles. The Bertz CT molecular complexity index is 700. The molecule has 1 atom stereocenters. The number of aromatic nitrogens is 2. The van der Waals surface area contributed by atoms with Crippen molar-refractivity contribution in [2.45, 2.75) is 38.6 Å². The molecule has 1 aromatic carbocycles. The number of carbonyl (C=O) groups is 1.